The molecule has 18 heavy (non-hydrogen) atoms. The molecule has 4 nitrogen and oxygen atoms in total. The summed E-state index contributed by atoms with van der Waals surface area (Å²) in [5.74, 6) is 0.0687. The van der Waals surface area contributed by atoms with Crippen molar-refractivity contribution < 1.29 is 9.53 Å². The van der Waals surface area contributed by atoms with Gasteiger partial charge in [-0.05, 0) is 31.5 Å². The molecule has 100 valence electrons. The van der Waals surface area contributed by atoms with Gasteiger partial charge in [-0.15, -0.1) is 0 Å². The number of anilines is 2. The third kappa shape index (κ3) is 4.37. The Kier molecular flexibility index (Phi) is 6.22. The highest BCUT2D eigenvalue weighted by Gasteiger charge is 2.13. The summed E-state index contributed by atoms with van der Waals surface area (Å²) in [6.45, 7) is 5.82. The van der Waals surface area contributed by atoms with Gasteiger partial charge in [-0.2, -0.15) is 0 Å². The van der Waals surface area contributed by atoms with E-state index in [1.807, 2.05) is 38.1 Å². The molecule has 0 aliphatic rings. The van der Waals surface area contributed by atoms with Crippen LogP contribution in [-0.4, -0.2) is 25.7 Å². The number of hydrogen-bond acceptors (Lipinski definition) is 3. The quantitative estimate of drug-likeness (QED) is 0.597. The van der Waals surface area contributed by atoms with Crippen LogP contribution in [0.1, 0.15) is 26.7 Å². The van der Waals surface area contributed by atoms with Crippen LogP contribution in [0.2, 0.25) is 0 Å². The van der Waals surface area contributed by atoms with Gasteiger partial charge in [0.1, 0.15) is 0 Å². The lowest BCUT2D eigenvalue weighted by Gasteiger charge is -2.21. The third-order valence-electron chi connectivity index (χ3n) is 2.61. The first-order chi connectivity index (χ1) is 8.69. The Labute approximate surface area is 109 Å². The highest BCUT2D eigenvalue weighted by molar-refractivity contribution is 5.93. The number of nitrogens with two attached hydrogens (primary N) is 1. The van der Waals surface area contributed by atoms with E-state index in [0.717, 1.165) is 12.1 Å². The van der Waals surface area contributed by atoms with Crippen molar-refractivity contribution in [3.63, 3.8) is 0 Å². The summed E-state index contributed by atoms with van der Waals surface area (Å²) in [6, 6.07) is 7.37. The Bertz CT molecular complexity index is 380. The van der Waals surface area contributed by atoms with Gasteiger partial charge in [0.2, 0.25) is 5.91 Å². The lowest BCUT2D eigenvalue weighted by molar-refractivity contribution is -0.119. The zero-order chi connectivity index (χ0) is 13.4. The molecule has 2 N–H and O–H groups in total. The smallest absolute Gasteiger partial charge is 0.229 e. The molecule has 0 atom stereocenters. The van der Waals surface area contributed by atoms with Crippen LogP contribution in [-0.2, 0) is 9.53 Å². The lowest BCUT2D eigenvalue weighted by atomic mass is 10.2. The van der Waals surface area contributed by atoms with Crippen LogP contribution in [0, 0.1) is 0 Å². The second-order valence-corrected chi connectivity index (χ2v) is 4.10. The Morgan fingerprint density at radius 3 is 2.72 bits per heavy atom. The van der Waals surface area contributed by atoms with Crippen molar-refractivity contribution in [3.8, 4) is 0 Å². The molecule has 0 saturated carbocycles. The topological polar surface area (TPSA) is 55.6 Å². The summed E-state index contributed by atoms with van der Waals surface area (Å²) in [5.41, 5.74) is 7.24. The molecule has 0 aliphatic heterocycles. The lowest BCUT2D eigenvalue weighted by Crippen LogP contribution is -2.31. The van der Waals surface area contributed by atoms with Crippen molar-refractivity contribution in [2.45, 2.75) is 26.7 Å². The fraction of sp³-hybridized carbons (Fsp3) is 0.500. The minimum atomic E-state index is 0.0687. The fourth-order valence-corrected chi connectivity index (χ4v) is 1.74. The van der Waals surface area contributed by atoms with Crippen molar-refractivity contribution >= 4 is 17.3 Å². The molecular formula is C14H22N2O2. The van der Waals surface area contributed by atoms with Gasteiger partial charge in [0, 0.05) is 24.5 Å². The number of hydrogen-bond donors (Lipinski definition) is 1. The first-order valence-electron chi connectivity index (χ1n) is 6.42. The zero-order valence-corrected chi connectivity index (χ0v) is 11.2. The number of nitrogens with zero attached hydrogens (tertiary/aromatic N) is 1. The van der Waals surface area contributed by atoms with Crippen molar-refractivity contribution in [2.24, 2.45) is 0 Å². The van der Waals surface area contributed by atoms with E-state index in [9.17, 15) is 4.79 Å². The van der Waals surface area contributed by atoms with Crippen LogP contribution in [0.3, 0.4) is 0 Å². The molecule has 0 aliphatic carbocycles. The molecule has 0 unspecified atom stereocenters. The van der Waals surface area contributed by atoms with Crippen molar-refractivity contribution in [1.82, 2.24) is 0 Å². The number of amides is 1. The average Bonchev–Trinajstić information content (AvgIpc) is 2.36. The first kappa shape index (κ1) is 14.5. The van der Waals surface area contributed by atoms with Gasteiger partial charge in [-0.3, -0.25) is 4.79 Å². The minimum absolute atomic E-state index is 0.0687. The number of benzene rings is 1. The van der Waals surface area contributed by atoms with Gasteiger partial charge in [0.25, 0.3) is 0 Å². The normalized spacial score (nSPS) is 10.3. The van der Waals surface area contributed by atoms with Gasteiger partial charge >= 0.3 is 0 Å². The van der Waals surface area contributed by atoms with Crippen LogP contribution >= 0.6 is 0 Å². The Morgan fingerprint density at radius 2 is 2.11 bits per heavy atom. The molecule has 0 bridgehead atoms. The van der Waals surface area contributed by atoms with Crippen molar-refractivity contribution in [3.05, 3.63) is 24.3 Å². The second kappa shape index (κ2) is 7.71. The summed E-state index contributed by atoms with van der Waals surface area (Å²) >= 11 is 0. The Balaban J connectivity index is 2.57. The molecule has 1 aromatic rings. The monoisotopic (exact) mass is 250 g/mol. The van der Waals surface area contributed by atoms with E-state index in [1.54, 1.807) is 4.90 Å². The number of nitrogen functional groups attached to an aromatic ring is 1. The summed E-state index contributed by atoms with van der Waals surface area (Å²) < 4.78 is 5.34. The van der Waals surface area contributed by atoms with E-state index in [0.29, 0.717) is 31.9 Å². The average molecular weight is 250 g/mol. The Morgan fingerprint density at radius 1 is 1.33 bits per heavy atom. The molecule has 0 heterocycles. The van der Waals surface area contributed by atoms with E-state index in [2.05, 4.69) is 0 Å². The molecule has 0 saturated heterocycles. The third-order valence-corrected chi connectivity index (χ3v) is 2.61. The first-order valence-corrected chi connectivity index (χ1v) is 6.42. The molecule has 0 spiro atoms. The van der Waals surface area contributed by atoms with Gasteiger partial charge < -0.3 is 15.4 Å². The number of carbonyl (C=O) groups is 1. The van der Waals surface area contributed by atoms with Crippen molar-refractivity contribution in [2.75, 3.05) is 30.4 Å². The largest absolute Gasteiger partial charge is 0.399 e. The summed E-state index contributed by atoms with van der Waals surface area (Å²) in [5, 5.41) is 0. The number of ether oxygens (including phenoxy) is 1. The van der Waals surface area contributed by atoms with E-state index in [4.69, 9.17) is 10.5 Å². The second-order valence-electron chi connectivity index (χ2n) is 4.10. The summed E-state index contributed by atoms with van der Waals surface area (Å²) in [7, 11) is 0. The van der Waals surface area contributed by atoms with Gasteiger partial charge in [0.15, 0.2) is 0 Å². The molecule has 1 aromatic carbocycles. The molecular weight excluding hydrogens is 228 g/mol. The maximum atomic E-state index is 12.1. The minimum Gasteiger partial charge on any atom is -0.399 e. The maximum absolute atomic E-state index is 12.1. The maximum Gasteiger partial charge on any atom is 0.229 e. The van der Waals surface area contributed by atoms with Gasteiger partial charge in [-0.1, -0.05) is 13.0 Å². The van der Waals surface area contributed by atoms with Gasteiger partial charge in [-0.25, -0.2) is 0 Å². The highest BCUT2D eigenvalue weighted by atomic mass is 16.5. The van der Waals surface area contributed by atoms with Crippen LogP contribution < -0.4 is 10.6 Å². The summed E-state index contributed by atoms with van der Waals surface area (Å²) in [4.78, 5) is 13.8. The number of carbonyl (C=O) groups excluding carboxylic acids is 1. The molecule has 0 aromatic heterocycles. The molecule has 1 rings (SSSR count). The predicted molar refractivity (Wildman–Crippen MR) is 74.6 cm³/mol. The van der Waals surface area contributed by atoms with E-state index in [1.165, 1.54) is 0 Å². The zero-order valence-electron chi connectivity index (χ0n) is 11.2. The molecule has 4 heteroatoms. The molecule has 0 radical (unpaired) electrons. The number of rotatable bonds is 7. The molecule has 1 amide bonds. The SMILES string of the molecule is CCCOCCC(=O)N(CC)c1cccc(N)c1. The highest BCUT2D eigenvalue weighted by Crippen LogP contribution is 2.18. The summed E-state index contributed by atoms with van der Waals surface area (Å²) in [6.07, 6.45) is 1.38. The van der Waals surface area contributed by atoms with Gasteiger partial charge in [0.05, 0.1) is 13.0 Å². The van der Waals surface area contributed by atoms with Crippen LogP contribution in [0.15, 0.2) is 24.3 Å². The van der Waals surface area contributed by atoms with Crippen LogP contribution in [0.25, 0.3) is 0 Å². The Hall–Kier alpha value is -1.55. The van der Waals surface area contributed by atoms with Crippen LogP contribution in [0.5, 0.6) is 0 Å². The van der Waals surface area contributed by atoms with E-state index >= 15 is 0 Å². The predicted octanol–water partition coefficient (Wildman–Crippen LogP) is 2.44. The van der Waals surface area contributed by atoms with Crippen LogP contribution in [0.4, 0.5) is 11.4 Å². The fourth-order valence-electron chi connectivity index (χ4n) is 1.74. The standard InChI is InChI=1S/C14H22N2O2/c1-3-9-18-10-8-14(17)16(4-2)13-7-5-6-12(15)11-13/h5-7,11H,3-4,8-10,15H2,1-2H3. The van der Waals surface area contributed by atoms with E-state index < -0.39 is 0 Å². The molecule has 0 fully saturated rings. The van der Waals surface area contributed by atoms with E-state index in [-0.39, 0.29) is 5.91 Å². The van der Waals surface area contributed by atoms with Crippen molar-refractivity contribution in [1.29, 1.82) is 0 Å².